The van der Waals surface area contributed by atoms with Crippen LogP contribution in [0.1, 0.15) is 35.9 Å². The minimum absolute atomic E-state index is 0.137. The van der Waals surface area contributed by atoms with Crippen molar-refractivity contribution in [3.8, 4) is 11.5 Å². The summed E-state index contributed by atoms with van der Waals surface area (Å²) in [4.78, 5) is 15.4. The summed E-state index contributed by atoms with van der Waals surface area (Å²) in [5, 5.41) is 6.16. The number of hydrogen-bond donors (Lipinski definition) is 1. The smallest absolute Gasteiger partial charge is 0.294 e. The maximum atomic E-state index is 13.5. The van der Waals surface area contributed by atoms with Gasteiger partial charge in [0.1, 0.15) is 23.7 Å². The fourth-order valence-corrected chi connectivity index (χ4v) is 4.51. The van der Waals surface area contributed by atoms with Gasteiger partial charge in [0.25, 0.3) is 5.91 Å². The van der Waals surface area contributed by atoms with Gasteiger partial charge in [-0.15, -0.1) is 0 Å². The molecule has 1 aliphatic heterocycles. The molecule has 0 atom stereocenters. The number of likely N-dealkylation sites (N-methyl/N-ethyl adjacent to an activating group) is 1. The zero-order valence-corrected chi connectivity index (χ0v) is 19.7. The Morgan fingerprint density at radius 2 is 1.91 bits per heavy atom. The molecule has 1 aliphatic rings. The lowest BCUT2D eigenvalue weighted by Crippen LogP contribution is -2.28. The van der Waals surface area contributed by atoms with Crippen LogP contribution in [0.25, 0.3) is 21.7 Å². The predicted octanol–water partition coefficient (Wildman–Crippen LogP) is 5.57. The maximum Gasteiger partial charge on any atom is 0.294 e. The molecular formula is C28H30N2O4. The Kier molecular flexibility index (Phi) is 6.41. The van der Waals surface area contributed by atoms with Crippen LogP contribution in [0.2, 0.25) is 0 Å². The fourth-order valence-electron chi connectivity index (χ4n) is 4.51. The van der Waals surface area contributed by atoms with Crippen LogP contribution in [0.3, 0.4) is 0 Å². The molecule has 6 heteroatoms. The Morgan fingerprint density at radius 3 is 2.74 bits per heavy atom. The number of rotatable bonds is 9. The van der Waals surface area contributed by atoms with Crippen molar-refractivity contribution in [2.45, 2.75) is 26.2 Å². The molecule has 5 rings (SSSR count). The van der Waals surface area contributed by atoms with Gasteiger partial charge >= 0.3 is 0 Å². The van der Waals surface area contributed by atoms with Gasteiger partial charge in [-0.3, -0.25) is 4.79 Å². The third-order valence-electron chi connectivity index (χ3n) is 6.29. The zero-order chi connectivity index (χ0) is 23.5. The molecule has 3 aromatic carbocycles. The predicted molar refractivity (Wildman–Crippen MR) is 135 cm³/mol. The molecule has 0 aliphatic carbocycles. The summed E-state index contributed by atoms with van der Waals surface area (Å²) in [5.41, 5.74) is 2.76. The first-order chi connectivity index (χ1) is 16.7. The topological polar surface area (TPSA) is 63.9 Å². The average molecular weight is 459 g/mol. The van der Waals surface area contributed by atoms with Crippen LogP contribution < -0.4 is 19.7 Å². The number of ether oxygens (including phenoxy) is 2. The second-order valence-corrected chi connectivity index (χ2v) is 8.59. The van der Waals surface area contributed by atoms with Crippen molar-refractivity contribution in [1.82, 2.24) is 5.32 Å². The van der Waals surface area contributed by atoms with E-state index in [1.807, 2.05) is 48.3 Å². The Hall–Kier alpha value is -3.51. The standard InChI is InChI=1S/C28H30N2O4/c1-3-4-14-33-26-18-24-22(21-7-5-6-8-23(21)26)11-13-30(24)28(31)27-17-19-16-20(32-15-12-29-2)9-10-25(19)34-27/h5-10,16-18,29H,3-4,11-15H2,1-2H3. The highest BCUT2D eigenvalue weighted by molar-refractivity contribution is 6.10. The number of carbonyl (C=O) groups excluding carboxylic acids is 1. The number of anilines is 1. The van der Waals surface area contributed by atoms with Gasteiger partial charge in [-0.2, -0.15) is 0 Å². The summed E-state index contributed by atoms with van der Waals surface area (Å²) in [6, 6.07) is 17.7. The molecular weight excluding hydrogens is 428 g/mol. The highest BCUT2D eigenvalue weighted by atomic mass is 16.5. The number of nitrogens with zero attached hydrogens (tertiary/aromatic N) is 1. The van der Waals surface area contributed by atoms with E-state index in [0.29, 0.717) is 31.1 Å². The first kappa shape index (κ1) is 22.3. The van der Waals surface area contributed by atoms with Crippen molar-refractivity contribution in [2.75, 3.05) is 38.3 Å². The minimum Gasteiger partial charge on any atom is -0.493 e. The average Bonchev–Trinajstić information content (AvgIpc) is 3.48. The van der Waals surface area contributed by atoms with Crippen molar-refractivity contribution in [3.05, 3.63) is 65.9 Å². The number of fused-ring (bicyclic) bond motifs is 4. The van der Waals surface area contributed by atoms with Crippen molar-refractivity contribution < 1.29 is 18.7 Å². The van der Waals surface area contributed by atoms with E-state index in [9.17, 15) is 4.79 Å². The normalized spacial score (nSPS) is 12.9. The van der Waals surface area contributed by atoms with E-state index in [1.165, 1.54) is 5.56 Å². The van der Waals surface area contributed by atoms with Gasteiger partial charge in [0.2, 0.25) is 0 Å². The van der Waals surface area contributed by atoms with Crippen LogP contribution in [0.4, 0.5) is 5.69 Å². The number of benzene rings is 3. The monoisotopic (exact) mass is 458 g/mol. The second-order valence-electron chi connectivity index (χ2n) is 8.59. The first-order valence-corrected chi connectivity index (χ1v) is 12.0. The SMILES string of the molecule is CCCCOc1cc2c(c3ccccc13)CCN2C(=O)c1cc2cc(OCCNC)ccc2o1. The molecule has 1 N–H and O–H groups in total. The summed E-state index contributed by atoms with van der Waals surface area (Å²) >= 11 is 0. The minimum atomic E-state index is -0.137. The molecule has 0 unspecified atom stereocenters. The zero-order valence-electron chi connectivity index (χ0n) is 19.7. The van der Waals surface area contributed by atoms with Crippen LogP contribution in [-0.4, -0.2) is 39.3 Å². The summed E-state index contributed by atoms with van der Waals surface area (Å²) in [6.45, 7) is 4.77. The molecule has 1 amide bonds. The number of furan rings is 1. The quantitative estimate of drug-likeness (QED) is 0.333. The highest BCUT2D eigenvalue weighted by Crippen LogP contribution is 2.41. The van der Waals surface area contributed by atoms with E-state index in [1.54, 1.807) is 6.07 Å². The van der Waals surface area contributed by atoms with E-state index >= 15 is 0 Å². The van der Waals surface area contributed by atoms with Crippen molar-refractivity contribution >= 4 is 33.3 Å². The van der Waals surface area contributed by atoms with Crippen LogP contribution in [0.5, 0.6) is 11.5 Å². The first-order valence-electron chi connectivity index (χ1n) is 12.0. The van der Waals surface area contributed by atoms with Crippen LogP contribution in [0, 0.1) is 0 Å². The third-order valence-corrected chi connectivity index (χ3v) is 6.29. The van der Waals surface area contributed by atoms with Gasteiger partial charge in [-0.25, -0.2) is 0 Å². The number of carbonyl (C=O) groups is 1. The van der Waals surface area contributed by atoms with E-state index in [2.05, 4.69) is 24.4 Å². The molecule has 0 radical (unpaired) electrons. The number of nitrogens with one attached hydrogen (secondary N) is 1. The van der Waals surface area contributed by atoms with Gasteiger partial charge in [0.05, 0.1) is 12.3 Å². The van der Waals surface area contributed by atoms with Gasteiger partial charge in [0.15, 0.2) is 5.76 Å². The van der Waals surface area contributed by atoms with Crippen LogP contribution in [-0.2, 0) is 6.42 Å². The Balaban J connectivity index is 1.45. The maximum absolute atomic E-state index is 13.5. The largest absolute Gasteiger partial charge is 0.493 e. The van der Waals surface area contributed by atoms with E-state index < -0.39 is 0 Å². The fraction of sp³-hybridized carbons (Fsp3) is 0.321. The van der Waals surface area contributed by atoms with Gasteiger partial charge < -0.3 is 24.1 Å². The molecule has 0 bridgehead atoms. The van der Waals surface area contributed by atoms with Crippen LogP contribution in [0.15, 0.2) is 59.0 Å². The molecule has 0 fully saturated rings. The Morgan fingerprint density at radius 1 is 1.06 bits per heavy atom. The molecule has 34 heavy (non-hydrogen) atoms. The number of unbranched alkanes of at least 4 members (excludes halogenated alkanes) is 1. The molecule has 2 heterocycles. The van der Waals surface area contributed by atoms with Gasteiger partial charge in [-0.05, 0) is 55.1 Å². The van der Waals surface area contributed by atoms with Crippen molar-refractivity contribution in [3.63, 3.8) is 0 Å². The molecule has 6 nitrogen and oxygen atoms in total. The summed E-state index contributed by atoms with van der Waals surface area (Å²) in [6.07, 6.45) is 2.87. The Bertz CT molecular complexity index is 1330. The molecule has 0 spiro atoms. The lowest BCUT2D eigenvalue weighted by atomic mass is 10.0. The van der Waals surface area contributed by atoms with Crippen molar-refractivity contribution in [1.29, 1.82) is 0 Å². The lowest BCUT2D eigenvalue weighted by molar-refractivity contribution is 0.0965. The van der Waals surface area contributed by atoms with E-state index in [4.69, 9.17) is 13.9 Å². The summed E-state index contributed by atoms with van der Waals surface area (Å²) in [7, 11) is 1.89. The summed E-state index contributed by atoms with van der Waals surface area (Å²) < 4.78 is 17.8. The van der Waals surface area contributed by atoms with E-state index in [-0.39, 0.29) is 5.91 Å². The summed E-state index contributed by atoms with van der Waals surface area (Å²) in [5.74, 6) is 1.78. The van der Waals surface area contributed by atoms with Gasteiger partial charge in [-0.1, -0.05) is 37.6 Å². The molecule has 4 aromatic rings. The lowest BCUT2D eigenvalue weighted by Gasteiger charge is -2.18. The van der Waals surface area contributed by atoms with Crippen molar-refractivity contribution in [2.24, 2.45) is 0 Å². The number of amides is 1. The van der Waals surface area contributed by atoms with E-state index in [0.717, 1.165) is 59.2 Å². The molecule has 0 saturated heterocycles. The molecule has 1 aromatic heterocycles. The third kappa shape index (κ3) is 4.21. The molecule has 176 valence electrons. The highest BCUT2D eigenvalue weighted by Gasteiger charge is 2.30. The van der Waals surface area contributed by atoms with Crippen LogP contribution >= 0.6 is 0 Å². The number of hydrogen-bond acceptors (Lipinski definition) is 5. The Labute approximate surface area is 199 Å². The molecule has 0 saturated carbocycles. The second kappa shape index (κ2) is 9.77. The van der Waals surface area contributed by atoms with Gasteiger partial charge in [0, 0.05) is 29.9 Å².